The molecule has 1 N–H and O–H groups in total. The van der Waals surface area contributed by atoms with Crippen LogP contribution in [0.3, 0.4) is 0 Å². The van der Waals surface area contributed by atoms with Crippen molar-refractivity contribution in [1.82, 2.24) is 4.98 Å². The summed E-state index contributed by atoms with van der Waals surface area (Å²) in [6, 6.07) is 3.47. The molecule has 1 saturated carbocycles. The SMILES string of the molecule is Cc1ccnc(NC2(C(F)(F)F)CC2)c1C#N. The normalized spacial score (nSPS) is 17.4. The van der Waals surface area contributed by atoms with Crippen LogP contribution in [0.1, 0.15) is 24.0 Å². The average Bonchev–Trinajstić information content (AvgIpc) is 2.98. The van der Waals surface area contributed by atoms with Crippen molar-refractivity contribution in [1.29, 1.82) is 5.26 Å². The van der Waals surface area contributed by atoms with Crippen LogP contribution in [0.25, 0.3) is 0 Å². The largest absolute Gasteiger partial charge is 0.411 e. The Morgan fingerprint density at radius 1 is 1.47 bits per heavy atom. The van der Waals surface area contributed by atoms with Gasteiger partial charge in [0.2, 0.25) is 0 Å². The van der Waals surface area contributed by atoms with Crippen LogP contribution >= 0.6 is 0 Å². The molecule has 0 aromatic carbocycles. The number of hydrogen-bond donors (Lipinski definition) is 1. The maximum atomic E-state index is 12.7. The minimum atomic E-state index is -4.31. The van der Waals surface area contributed by atoms with Gasteiger partial charge in [0.05, 0.1) is 5.56 Å². The van der Waals surface area contributed by atoms with Gasteiger partial charge in [0.1, 0.15) is 17.4 Å². The molecule has 1 aliphatic carbocycles. The zero-order valence-electron chi connectivity index (χ0n) is 9.10. The average molecular weight is 241 g/mol. The third-order valence-electron chi connectivity index (χ3n) is 2.92. The van der Waals surface area contributed by atoms with E-state index in [0.717, 1.165) is 0 Å². The number of nitrogens with one attached hydrogen (secondary N) is 1. The number of aromatic nitrogens is 1. The van der Waals surface area contributed by atoms with Crippen molar-refractivity contribution < 1.29 is 13.2 Å². The summed E-state index contributed by atoms with van der Waals surface area (Å²) < 4.78 is 38.2. The molecule has 3 nitrogen and oxygen atoms in total. The van der Waals surface area contributed by atoms with E-state index in [1.54, 1.807) is 13.0 Å². The van der Waals surface area contributed by atoms with Gasteiger partial charge in [0, 0.05) is 6.20 Å². The van der Waals surface area contributed by atoms with Gasteiger partial charge in [-0.1, -0.05) is 0 Å². The Kier molecular flexibility index (Phi) is 2.49. The van der Waals surface area contributed by atoms with Gasteiger partial charge in [0.15, 0.2) is 0 Å². The summed E-state index contributed by atoms with van der Waals surface area (Å²) in [7, 11) is 0. The van der Waals surface area contributed by atoms with Crippen LogP contribution in [0.5, 0.6) is 0 Å². The molecule has 0 saturated heterocycles. The molecule has 0 aliphatic heterocycles. The number of nitriles is 1. The highest BCUT2D eigenvalue weighted by molar-refractivity contribution is 5.57. The first kappa shape index (κ1) is 11.7. The first-order valence-electron chi connectivity index (χ1n) is 5.10. The molecular formula is C11H10F3N3. The molecule has 0 amide bonds. The molecule has 2 rings (SSSR count). The molecule has 1 aromatic heterocycles. The summed E-state index contributed by atoms with van der Waals surface area (Å²) in [5.74, 6) is 0.0160. The van der Waals surface area contributed by atoms with Gasteiger partial charge in [-0.3, -0.25) is 0 Å². The van der Waals surface area contributed by atoms with Crippen molar-refractivity contribution in [3.8, 4) is 6.07 Å². The van der Waals surface area contributed by atoms with Gasteiger partial charge in [0.25, 0.3) is 0 Å². The molecule has 17 heavy (non-hydrogen) atoms. The topological polar surface area (TPSA) is 48.7 Å². The summed E-state index contributed by atoms with van der Waals surface area (Å²) in [6.07, 6.45) is -2.87. The van der Waals surface area contributed by atoms with Crippen molar-refractivity contribution in [3.05, 3.63) is 23.4 Å². The number of aryl methyl sites for hydroxylation is 1. The quantitative estimate of drug-likeness (QED) is 0.866. The predicted octanol–water partition coefficient (Wildman–Crippen LogP) is 2.77. The maximum absolute atomic E-state index is 12.7. The molecule has 0 spiro atoms. The molecule has 90 valence electrons. The van der Waals surface area contributed by atoms with Gasteiger partial charge < -0.3 is 5.32 Å². The van der Waals surface area contributed by atoms with Gasteiger partial charge in [-0.15, -0.1) is 0 Å². The second-order valence-corrected chi connectivity index (χ2v) is 4.17. The molecule has 0 unspecified atom stereocenters. The third-order valence-corrected chi connectivity index (χ3v) is 2.92. The Balaban J connectivity index is 2.33. The molecule has 1 fully saturated rings. The van der Waals surface area contributed by atoms with Gasteiger partial charge in [-0.2, -0.15) is 18.4 Å². The first-order chi connectivity index (χ1) is 7.89. The van der Waals surface area contributed by atoms with Crippen molar-refractivity contribution in [2.45, 2.75) is 31.5 Å². The van der Waals surface area contributed by atoms with E-state index in [2.05, 4.69) is 10.3 Å². The van der Waals surface area contributed by atoms with E-state index >= 15 is 0 Å². The number of nitrogens with zero attached hydrogens (tertiary/aromatic N) is 2. The number of alkyl halides is 3. The molecule has 0 bridgehead atoms. The van der Waals surface area contributed by atoms with Crippen LogP contribution in [-0.2, 0) is 0 Å². The monoisotopic (exact) mass is 241 g/mol. The summed E-state index contributed by atoms with van der Waals surface area (Å²) in [4.78, 5) is 3.82. The minimum Gasteiger partial charge on any atom is -0.355 e. The highest BCUT2D eigenvalue weighted by Crippen LogP contribution is 2.51. The van der Waals surface area contributed by atoms with Crippen LogP contribution in [0.4, 0.5) is 19.0 Å². The van der Waals surface area contributed by atoms with Crippen LogP contribution in [0.2, 0.25) is 0 Å². The minimum absolute atomic E-state index is 0.0160. The van der Waals surface area contributed by atoms with E-state index < -0.39 is 11.7 Å². The van der Waals surface area contributed by atoms with Gasteiger partial charge in [-0.25, -0.2) is 4.98 Å². The smallest absolute Gasteiger partial charge is 0.355 e. The van der Waals surface area contributed by atoms with Crippen LogP contribution in [0, 0.1) is 18.3 Å². The van der Waals surface area contributed by atoms with Crippen molar-refractivity contribution in [2.24, 2.45) is 0 Å². The maximum Gasteiger partial charge on any atom is 0.411 e. The molecule has 1 aliphatic rings. The lowest BCUT2D eigenvalue weighted by Crippen LogP contribution is -2.39. The third kappa shape index (κ3) is 1.93. The molecule has 1 heterocycles. The van der Waals surface area contributed by atoms with E-state index in [-0.39, 0.29) is 24.2 Å². The Hall–Kier alpha value is -1.77. The lowest BCUT2D eigenvalue weighted by molar-refractivity contribution is -0.151. The molecular weight excluding hydrogens is 231 g/mol. The molecule has 1 aromatic rings. The van der Waals surface area contributed by atoms with Crippen LogP contribution in [-0.4, -0.2) is 16.7 Å². The van der Waals surface area contributed by atoms with E-state index in [0.29, 0.717) is 5.56 Å². The Labute approximate surface area is 96.3 Å². The summed E-state index contributed by atoms with van der Waals surface area (Å²) in [5.41, 5.74) is -1.11. The Morgan fingerprint density at radius 2 is 2.12 bits per heavy atom. The van der Waals surface area contributed by atoms with E-state index in [1.165, 1.54) is 6.20 Å². The fourth-order valence-corrected chi connectivity index (χ4v) is 1.63. The predicted molar refractivity (Wildman–Crippen MR) is 55.3 cm³/mol. The molecule has 0 radical (unpaired) electrons. The molecule has 0 atom stereocenters. The van der Waals surface area contributed by atoms with Crippen molar-refractivity contribution >= 4 is 5.82 Å². The van der Waals surface area contributed by atoms with E-state index in [9.17, 15) is 13.2 Å². The van der Waals surface area contributed by atoms with Crippen LogP contribution in [0.15, 0.2) is 12.3 Å². The lowest BCUT2D eigenvalue weighted by atomic mass is 10.1. The zero-order chi connectivity index (χ0) is 12.7. The number of anilines is 1. The van der Waals surface area contributed by atoms with Gasteiger partial charge >= 0.3 is 6.18 Å². The fraction of sp³-hybridized carbons (Fsp3) is 0.455. The highest BCUT2D eigenvalue weighted by Gasteiger charge is 2.63. The summed E-state index contributed by atoms with van der Waals surface area (Å²) >= 11 is 0. The summed E-state index contributed by atoms with van der Waals surface area (Å²) in [6.45, 7) is 1.67. The highest BCUT2D eigenvalue weighted by atomic mass is 19.4. The van der Waals surface area contributed by atoms with Crippen molar-refractivity contribution in [2.75, 3.05) is 5.32 Å². The number of hydrogen-bond acceptors (Lipinski definition) is 3. The van der Waals surface area contributed by atoms with E-state index in [1.807, 2.05) is 6.07 Å². The second kappa shape index (κ2) is 3.62. The number of rotatable bonds is 2. The standard InChI is InChI=1S/C11H10F3N3/c1-7-2-5-16-9(8(7)6-15)17-10(3-4-10)11(12,13)14/h2,5H,3-4H2,1H3,(H,16,17). The van der Waals surface area contributed by atoms with Crippen LogP contribution < -0.4 is 5.32 Å². The number of pyridine rings is 1. The second-order valence-electron chi connectivity index (χ2n) is 4.17. The first-order valence-corrected chi connectivity index (χ1v) is 5.10. The molecule has 6 heteroatoms. The Bertz CT molecular complexity index is 484. The van der Waals surface area contributed by atoms with Gasteiger partial charge in [-0.05, 0) is 31.4 Å². The lowest BCUT2D eigenvalue weighted by Gasteiger charge is -2.22. The number of halogens is 3. The van der Waals surface area contributed by atoms with Crippen molar-refractivity contribution in [3.63, 3.8) is 0 Å². The zero-order valence-corrected chi connectivity index (χ0v) is 9.10. The fourth-order valence-electron chi connectivity index (χ4n) is 1.63. The summed E-state index contributed by atoms with van der Waals surface area (Å²) in [5, 5.41) is 11.3. The Morgan fingerprint density at radius 3 is 2.59 bits per heavy atom. The van der Waals surface area contributed by atoms with E-state index in [4.69, 9.17) is 5.26 Å².